The van der Waals surface area contributed by atoms with Crippen LogP contribution in [0.1, 0.15) is 129 Å². The van der Waals surface area contributed by atoms with Gasteiger partial charge >= 0.3 is 0 Å². The molecule has 0 N–H and O–H groups in total. The van der Waals surface area contributed by atoms with Gasteiger partial charge in [0.15, 0.2) is 0 Å². The molecule has 0 spiro atoms. The first kappa shape index (κ1) is 42.4. The Morgan fingerprint density at radius 1 is 0.754 bits per heavy atom. The number of hydrogen-bond acceptors (Lipinski definition) is 0. The molecule has 6 atom stereocenters. The molecule has 330 valence electrons. The van der Waals surface area contributed by atoms with E-state index in [1.165, 1.54) is 52.7 Å². The van der Waals surface area contributed by atoms with Crippen molar-refractivity contribution in [3.8, 4) is 0 Å². The fraction of sp³-hybridized carbons (Fsp3) is 0.385. The van der Waals surface area contributed by atoms with E-state index in [4.69, 9.17) is 0 Å². The van der Waals surface area contributed by atoms with Gasteiger partial charge in [-0.25, -0.2) is 0 Å². The van der Waals surface area contributed by atoms with Crippen molar-refractivity contribution in [2.75, 3.05) is 0 Å². The number of rotatable bonds is 8. The molecule has 10 aliphatic rings. The van der Waals surface area contributed by atoms with Gasteiger partial charge in [-0.1, -0.05) is 167 Å². The van der Waals surface area contributed by atoms with Crippen LogP contribution in [0.25, 0.3) is 5.57 Å². The van der Waals surface area contributed by atoms with Gasteiger partial charge in [0.05, 0.1) is 0 Å². The van der Waals surface area contributed by atoms with Gasteiger partial charge in [0, 0.05) is 5.41 Å². The lowest BCUT2D eigenvalue weighted by atomic mass is 9.58. The van der Waals surface area contributed by atoms with E-state index in [9.17, 15) is 0 Å². The van der Waals surface area contributed by atoms with E-state index in [0.29, 0.717) is 35.5 Å². The molecular formula is C65H70. The van der Waals surface area contributed by atoms with Crippen LogP contribution >= 0.6 is 0 Å². The third kappa shape index (κ3) is 7.52. The average Bonchev–Trinajstić information content (AvgIpc) is 3.59. The Bertz CT molecular complexity index is 2740. The maximum absolute atomic E-state index is 2.78. The monoisotopic (exact) mass is 851 g/mol. The highest BCUT2D eigenvalue weighted by atomic mass is 14.5. The molecule has 65 heavy (non-hydrogen) atoms. The van der Waals surface area contributed by atoms with Crippen LogP contribution in [0.15, 0.2) is 218 Å². The molecule has 0 aromatic heterocycles. The highest BCUT2D eigenvalue weighted by molar-refractivity contribution is 5.84. The van der Waals surface area contributed by atoms with Crippen molar-refractivity contribution in [1.82, 2.24) is 0 Å². The molecule has 6 unspecified atom stereocenters. The molecule has 0 fully saturated rings. The lowest BCUT2D eigenvalue weighted by Gasteiger charge is -2.46. The molecule has 0 saturated carbocycles. The molecule has 10 aliphatic carbocycles. The van der Waals surface area contributed by atoms with Gasteiger partial charge in [-0.05, 0) is 221 Å². The first-order chi connectivity index (χ1) is 31.8. The number of benzene rings is 1. The highest BCUT2D eigenvalue weighted by Crippen LogP contribution is 2.56. The van der Waals surface area contributed by atoms with Crippen LogP contribution in [0.4, 0.5) is 0 Å². The van der Waals surface area contributed by atoms with Crippen LogP contribution in [0.5, 0.6) is 0 Å². The van der Waals surface area contributed by atoms with Crippen LogP contribution in [0.3, 0.4) is 0 Å². The zero-order valence-electron chi connectivity index (χ0n) is 39.9. The Hall–Kier alpha value is -5.20. The second-order valence-electron chi connectivity index (χ2n) is 21.3. The maximum atomic E-state index is 2.78. The van der Waals surface area contributed by atoms with Crippen LogP contribution in [-0.4, -0.2) is 0 Å². The Morgan fingerprint density at radius 2 is 1.58 bits per heavy atom. The van der Waals surface area contributed by atoms with Crippen molar-refractivity contribution < 1.29 is 0 Å². The molecule has 0 radical (unpaired) electrons. The molecular weight excluding hydrogens is 781 g/mol. The summed E-state index contributed by atoms with van der Waals surface area (Å²) in [5, 5.41) is 0. The number of allylic oxidation sites excluding steroid dienone is 34. The topological polar surface area (TPSA) is 0 Å². The van der Waals surface area contributed by atoms with E-state index in [1.54, 1.807) is 61.3 Å². The van der Waals surface area contributed by atoms with Gasteiger partial charge in [0.25, 0.3) is 0 Å². The summed E-state index contributed by atoms with van der Waals surface area (Å²) in [4.78, 5) is 0. The molecule has 1 aromatic rings. The maximum Gasteiger partial charge on any atom is 0.0155 e. The van der Waals surface area contributed by atoms with Gasteiger partial charge < -0.3 is 0 Å². The van der Waals surface area contributed by atoms with Crippen molar-refractivity contribution in [2.45, 2.75) is 124 Å². The molecule has 0 amide bonds. The third-order valence-electron chi connectivity index (χ3n) is 17.3. The summed E-state index contributed by atoms with van der Waals surface area (Å²) < 4.78 is 0. The molecule has 0 heteroatoms. The first-order valence-corrected chi connectivity index (χ1v) is 25.8. The minimum absolute atomic E-state index is 0.0534. The van der Waals surface area contributed by atoms with Crippen LogP contribution in [-0.2, 0) is 5.41 Å². The molecule has 0 saturated heterocycles. The minimum atomic E-state index is 0.0534. The Kier molecular flexibility index (Phi) is 11.5. The second kappa shape index (κ2) is 17.5. The Morgan fingerprint density at radius 3 is 2.38 bits per heavy atom. The van der Waals surface area contributed by atoms with E-state index in [1.807, 2.05) is 0 Å². The van der Waals surface area contributed by atoms with Crippen LogP contribution in [0, 0.1) is 35.5 Å². The number of hydrogen-bond donors (Lipinski definition) is 0. The van der Waals surface area contributed by atoms with E-state index >= 15 is 0 Å². The lowest BCUT2D eigenvalue weighted by Crippen LogP contribution is -2.35. The lowest BCUT2D eigenvalue weighted by molar-refractivity contribution is 0.304. The summed E-state index contributed by atoms with van der Waals surface area (Å²) in [6, 6.07) is 9.17. The summed E-state index contributed by atoms with van der Waals surface area (Å²) in [6.45, 7) is 11.8. The molecule has 0 aliphatic heterocycles. The molecule has 0 heterocycles. The van der Waals surface area contributed by atoms with Crippen LogP contribution in [0.2, 0.25) is 0 Å². The van der Waals surface area contributed by atoms with Crippen molar-refractivity contribution in [1.29, 1.82) is 0 Å². The standard InChI is InChI=1S/C65H70/c1-6-43(7-2)51-39-58(45-18-9-8-10-19-45)63(47-34-32-44(33-35-47)48-36-37-53-52-22-15-16-27-60(52)65(4,5)61(53)41-48)59(40-51)49-20-17-21-50(38-49)64-56-25-13-11-23-54(56)62(46-30-28-42(3)29-31-46)55-24-12-14-26-57(55)64/h6,9,11,13-19,21-22,25-28,30-32,34,38-39,41-42,49,54-55,59,62H,7-8,10,12,20,23-24,29,33,35-37,40H2,1-5H3. The number of fused-ring (bicyclic) bond motifs is 4. The smallest absolute Gasteiger partial charge is 0.0155 e. The Balaban J connectivity index is 1.01. The van der Waals surface area contributed by atoms with E-state index in [0.717, 1.165) is 64.2 Å². The largest absolute Gasteiger partial charge is 0.0842 e. The molecule has 0 nitrogen and oxygen atoms in total. The van der Waals surface area contributed by atoms with Gasteiger partial charge in [-0.2, -0.15) is 0 Å². The summed E-state index contributed by atoms with van der Waals surface area (Å²) in [5.41, 5.74) is 26.3. The van der Waals surface area contributed by atoms with Crippen molar-refractivity contribution in [3.05, 3.63) is 229 Å². The zero-order valence-corrected chi connectivity index (χ0v) is 39.9. The van der Waals surface area contributed by atoms with Crippen LogP contribution < -0.4 is 0 Å². The fourth-order valence-electron chi connectivity index (χ4n) is 14.0. The predicted molar refractivity (Wildman–Crippen MR) is 277 cm³/mol. The van der Waals surface area contributed by atoms with Crippen molar-refractivity contribution >= 4 is 5.57 Å². The third-order valence-corrected chi connectivity index (χ3v) is 17.3. The average molecular weight is 851 g/mol. The highest BCUT2D eigenvalue weighted by Gasteiger charge is 2.44. The summed E-state index contributed by atoms with van der Waals surface area (Å²) in [5.74, 6) is 3.09. The van der Waals surface area contributed by atoms with E-state index in [-0.39, 0.29) is 5.41 Å². The summed E-state index contributed by atoms with van der Waals surface area (Å²) in [7, 11) is 0. The van der Waals surface area contributed by atoms with E-state index in [2.05, 4.69) is 174 Å². The molecule has 11 rings (SSSR count). The van der Waals surface area contributed by atoms with Gasteiger partial charge in [-0.15, -0.1) is 0 Å². The first-order valence-electron chi connectivity index (χ1n) is 25.8. The van der Waals surface area contributed by atoms with E-state index < -0.39 is 0 Å². The second-order valence-corrected chi connectivity index (χ2v) is 21.3. The quantitative estimate of drug-likeness (QED) is 0.244. The fourth-order valence-corrected chi connectivity index (χ4v) is 14.0. The normalized spacial score (nSPS) is 30.3. The molecule has 1 aromatic carbocycles. The predicted octanol–water partition coefficient (Wildman–Crippen LogP) is 17.4. The summed E-state index contributed by atoms with van der Waals surface area (Å²) in [6.07, 6.45) is 62.7. The zero-order chi connectivity index (χ0) is 44.2. The SMILES string of the molecule is CC=C(CC)C1=CC(C2=CCCC=C2)=C(C2=CC=C(C3=CC4=C(CC3)c3ccccc3C4(C)C)CC2)C(C2C=C(C3=C4C=CCCC4C(C4=CCC(C)C=C4)C4CC=CC=C34)C=CC2)C1. The Labute approximate surface area is 391 Å². The minimum Gasteiger partial charge on any atom is -0.0842 e. The van der Waals surface area contributed by atoms with Crippen molar-refractivity contribution in [3.63, 3.8) is 0 Å². The van der Waals surface area contributed by atoms with Gasteiger partial charge in [-0.3, -0.25) is 0 Å². The van der Waals surface area contributed by atoms with Crippen molar-refractivity contribution in [2.24, 2.45) is 35.5 Å². The van der Waals surface area contributed by atoms with Gasteiger partial charge in [0.1, 0.15) is 0 Å². The summed E-state index contributed by atoms with van der Waals surface area (Å²) >= 11 is 0. The molecule has 0 bridgehead atoms. The van der Waals surface area contributed by atoms with Gasteiger partial charge in [0.2, 0.25) is 0 Å².